The molecule has 0 aromatic heterocycles. The number of fused-ring (bicyclic) bond motifs is 6. The van der Waals surface area contributed by atoms with Gasteiger partial charge in [0.1, 0.15) is 22.8 Å². The van der Waals surface area contributed by atoms with Crippen molar-refractivity contribution >= 4 is 24.6 Å². The molecule has 6 aliphatic heterocycles. The van der Waals surface area contributed by atoms with Crippen LogP contribution in [0.25, 0.3) is 0 Å². The first-order chi connectivity index (χ1) is 28.0. The Balaban J connectivity index is 0.000000176. The third kappa shape index (κ3) is 13.3. The first-order valence-electron chi connectivity index (χ1n) is 22.3. The van der Waals surface area contributed by atoms with Crippen molar-refractivity contribution in [2.45, 2.75) is 217 Å². The standard InChI is InChI=1S/C20H28FNO3.C15H20FNO.C13H23NO3.ClH/c1-19(2,3)25-18(23)22-15-9-10-16(22)12-20(4,11-15)24-13-14-7-5-6-8-17(14)21;1-15(8-12-6-7-13(9-15)17-12)18-10-11-4-2-3-5-14(11)16;1-12(2,3)17-11(15)14-9-5-6-10(14)8-13(4,16)7-9;/h5-8,15-16H,9-13H2,1-4H3;2-5,12-13,17H,6-10H2,1H3;9-10,16H,5-8H2,1-4H3;1H. The van der Waals surface area contributed by atoms with E-state index < -0.39 is 16.8 Å². The quantitative estimate of drug-likeness (QED) is 0.295. The Morgan fingerprint density at radius 1 is 0.623 bits per heavy atom. The molecule has 2 aromatic rings. The first-order valence-corrected chi connectivity index (χ1v) is 22.3. The second-order valence-electron chi connectivity index (χ2n) is 21.1. The van der Waals surface area contributed by atoms with Crippen molar-refractivity contribution in [3.8, 4) is 0 Å². The van der Waals surface area contributed by atoms with E-state index in [1.54, 1.807) is 24.3 Å². The molecule has 0 spiro atoms. The average Bonchev–Trinajstić information content (AvgIpc) is 3.74. The maximum absolute atomic E-state index is 13.8. The minimum atomic E-state index is -0.621. The van der Waals surface area contributed by atoms with Gasteiger partial charge in [-0.2, -0.15) is 0 Å². The maximum Gasteiger partial charge on any atom is 0.410 e. The number of hydrogen-bond donors (Lipinski definition) is 2. The topological polar surface area (TPSA) is 110 Å². The highest BCUT2D eigenvalue weighted by Gasteiger charge is 2.51. The number of carbonyl (C=O) groups is 2. The molecule has 13 heteroatoms. The molecule has 2 amide bonds. The molecule has 0 radical (unpaired) electrons. The monoisotopic (exact) mass is 876 g/mol. The predicted octanol–water partition coefficient (Wildman–Crippen LogP) is 10.4. The van der Waals surface area contributed by atoms with Gasteiger partial charge in [-0.25, -0.2) is 18.4 Å². The summed E-state index contributed by atoms with van der Waals surface area (Å²) in [6, 6.07) is 15.3. The van der Waals surface area contributed by atoms with Crippen LogP contribution < -0.4 is 5.32 Å². The lowest BCUT2D eigenvalue weighted by Gasteiger charge is -2.44. The van der Waals surface area contributed by atoms with Crippen LogP contribution in [0.5, 0.6) is 0 Å². The molecular weight excluding hydrogens is 804 g/mol. The molecule has 0 aliphatic carbocycles. The van der Waals surface area contributed by atoms with Crippen LogP contribution in [0.4, 0.5) is 18.4 Å². The van der Waals surface area contributed by atoms with Gasteiger partial charge in [-0.1, -0.05) is 36.4 Å². The molecule has 0 saturated carbocycles. The van der Waals surface area contributed by atoms with E-state index in [1.165, 1.54) is 25.0 Å². The maximum atomic E-state index is 13.8. The van der Waals surface area contributed by atoms with Crippen molar-refractivity contribution in [3.05, 3.63) is 71.3 Å². The zero-order valence-electron chi connectivity index (χ0n) is 37.9. The summed E-state index contributed by atoms with van der Waals surface area (Å²) in [7, 11) is 0. The van der Waals surface area contributed by atoms with Gasteiger partial charge in [-0.15, -0.1) is 12.4 Å². The van der Waals surface area contributed by atoms with Gasteiger partial charge in [-0.3, -0.25) is 0 Å². The van der Waals surface area contributed by atoms with Gasteiger partial charge >= 0.3 is 12.2 Å². The van der Waals surface area contributed by atoms with E-state index in [2.05, 4.69) is 19.2 Å². The summed E-state index contributed by atoms with van der Waals surface area (Å²) in [5.74, 6) is -0.404. The van der Waals surface area contributed by atoms with Crippen LogP contribution in [0, 0.1) is 11.6 Å². The fourth-order valence-electron chi connectivity index (χ4n) is 10.4. The number of amides is 2. The van der Waals surface area contributed by atoms with Crippen LogP contribution in [0.1, 0.15) is 150 Å². The number of ether oxygens (including phenoxy) is 4. The minimum absolute atomic E-state index is 0. The fourth-order valence-corrected chi connectivity index (χ4v) is 10.4. The van der Waals surface area contributed by atoms with Gasteiger partial charge in [0.2, 0.25) is 0 Å². The molecule has 342 valence electrons. The Morgan fingerprint density at radius 3 is 1.33 bits per heavy atom. The van der Waals surface area contributed by atoms with E-state index in [4.69, 9.17) is 18.9 Å². The minimum Gasteiger partial charge on any atom is -0.444 e. The molecule has 6 atom stereocenters. The lowest BCUT2D eigenvalue weighted by Crippen LogP contribution is -2.54. The lowest BCUT2D eigenvalue weighted by molar-refractivity contribution is -0.101. The van der Waals surface area contributed by atoms with Crippen LogP contribution >= 0.6 is 12.4 Å². The van der Waals surface area contributed by atoms with E-state index in [0.717, 1.165) is 51.4 Å². The Hall–Kier alpha value is -3.03. The number of nitrogens with one attached hydrogen (secondary N) is 1. The molecule has 61 heavy (non-hydrogen) atoms. The van der Waals surface area contributed by atoms with E-state index in [0.29, 0.717) is 42.7 Å². The van der Waals surface area contributed by atoms with Crippen molar-refractivity contribution in [3.63, 3.8) is 0 Å². The zero-order chi connectivity index (χ0) is 43.7. The van der Waals surface area contributed by atoms with Crippen molar-refractivity contribution in [2.75, 3.05) is 0 Å². The van der Waals surface area contributed by atoms with Crippen LogP contribution in [0.3, 0.4) is 0 Å². The number of nitrogens with zero attached hydrogens (tertiary/aromatic N) is 2. The molecule has 10 nitrogen and oxygen atoms in total. The van der Waals surface area contributed by atoms with Gasteiger partial charge in [-0.05, 0) is 151 Å². The summed E-state index contributed by atoms with van der Waals surface area (Å²) in [6.07, 6.45) is 10.9. The molecule has 6 bridgehead atoms. The molecule has 6 unspecified atom stereocenters. The molecule has 6 aliphatic rings. The van der Waals surface area contributed by atoms with E-state index in [-0.39, 0.29) is 78.2 Å². The highest BCUT2D eigenvalue weighted by atomic mass is 35.5. The lowest BCUT2D eigenvalue weighted by atomic mass is 9.87. The number of halogens is 3. The highest BCUT2D eigenvalue weighted by molar-refractivity contribution is 5.85. The SMILES string of the molecule is CC(C)(C)OC(=O)N1C2CCC1CC(C)(OCc1ccccc1F)C2.CC1(O)CC2CCC(C1)N2C(=O)OC(C)(C)C.CC1(OCc2ccccc2F)CC2CCC(C1)N2.Cl. The normalized spacial score (nSPS) is 32.5. The molecule has 2 N–H and O–H groups in total. The smallest absolute Gasteiger partial charge is 0.410 e. The summed E-state index contributed by atoms with van der Waals surface area (Å²) >= 11 is 0. The molecule has 6 heterocycles. The summed E-state index contributed by atoms with van der Waals surface area (Å²) in [4.78, 5) is 28.4. The number of piperidine rings is 3. The van der Waals surface area contributed by atoms with Crippen LogP contribution in [-0.2, 0) is 32.2 Å². The van der Waals surface area contributed by atoms with Crippen LogP contribution in [0.15, 0.2) is 48.5 Å². The van der Waals surface area contributed by atoms with E-state index in [9.17, 15) is 23.5 Å². The molecule has 6 saturated heterocycles. The van der Waals surface area contributed by atoms with Gasteiger partial charge in [0, 0.05) is 47.4 Å². The fraction of sp³-hybridized carbons (Fsp3) is 0.708. The number of carbonyl (C=O) groups excluding carboxylic acids is 2. The highest BCUT2D eigenvalue weighted by Crippen LogP contribution is 2.44. The van der Waals surface area contributed by atoms with Crippen molar-refractivity contribution in [2.24, 2.45) is 0 Å². The number of benzene rings is 2. The second-order valence-corrected chi connectivity index (χ2v) is 21.1. The molecule has 8 rings (SSSR count). The van der Waals surface area contributed by atoms with E-state index >= 15 is 0 Å². The Morgan fingerprint density at radius 2 is 0.967 bits per heavy atom. The van der Waals surface area contributed by atoms with Crippen LogP contribution in [-0.4, -0.2) is 91.3 Å². The molecular formula is C48H72ClF2N3O7. The third-order valence-corrected chi connectivity index (χ3v) is 12.9. The summed E-state index contributed by atoms with van der Waals surface area (Å²) < 4.78 is 50.5. The third-order valence-electron chi connectivity index (χ3n) is 12.9. The average molecular weight is 877 g/mol. The van der Waals surface area contributed by atoms with Gasteiger partial charge in [0.15, 0.2) is 0 Å². The Bertz CT molecular complexity index is 1760. The summed E-state index contributed by atoms with van der Waals surface area (Å²) in [6.45, 7) is 18.1. The van der Waals surface area contributed by atoms with Crippen molar-refractivity contribution < 1.29 is 42.4 Å². The zero-order valence-corrected chi connectivity index (χ0v) is 38.8. The number of rotatable bonds is 6. The number of aliphatic hydroxyl groups is 1. The molecule has 6 fully saturated rings. The van der Waals surface area contributed by atoms with Gasteiger partial charge in [0.05, 0.1) is 30.0 Å². The van der Waals surface area contributed by atoms with E-state index in [1.807, 2.05) is 70.4 Å². The largest absolute Gasteiger partial charge is 0.444 e. The Kier molecular flexibility index (Phi) is 15.6. The van der Waals surface area contributed by atoms with Crippen LogP contribution in [0.2, 0.25) is 0 Å². The Labute approximate surface area is 369 Å². The first kappa shape index (κ1) is 49.0. The van der Waals surface area contributed by atoms with Crippen molar-refractivity contribution in [1.29, 1.82) is 0 Å². The predicted molar refractivity (Wildman–Crippen MR) is 234 cm³/mol. The summed E-state index contributed by atoms with van der Waals surface area (Å²) in [5, 5.41) is 13.7. The molecule has 2 aromatic carbocycles. The van der Waals surface area contributed by atoms with Crippen molar-refractivity contribution in [1.82, 2.24) is 15.1 Å². The summed E-state index contributed by atoms with van der Waals surface area (Å²) in [5.41, 5.74) is -0.763. The second kappa shape index (κ2) is 19.4. The number of hydrogen-bond acceptors (Lipinski definition) is 8. The van der Waals surface area contributed by atoms with Gasteiger partial charge in [0.25, 0.3) is 0 Å². The van der Waals surface area contributed by atoms with Gasteiger partial charge < -0.3 is 39.2 Å².